The molecule has 25 aromatic rings. The summed E-state index contributed by atoms with van der Waals surface area (Å²) >= 11 is 0. The number of fused-ring (bicyclic) bond motifs is 10. The summed E-state index contributed by atoms with van der Waals surface area (Å²) in [6.45, 7) is 0. The molecular weight excluding hydrogens is 1560 g/mol. The first-order valence-electron chi connectivity index (χ1n) is 81.0. The molecule has 0 nitrogen and oxygen atoms in total. The molecule has 25 aromatic carbocycles. The first-order valence-corrected chi connectivity index (χ1v) is 38.0. The van der Waals surface area contributed by atoms with Gasteiger partial charge in [-0.1, -0.05) is 465 Å². The lowest BCUT2D eigenvalue weighted by molar-refractivity contribution is 1.62. The predicted octanol–water partition coefficient (Wildman–Crippen LogP) is 36.6. The Kier molecular flexibility index (Phi) is 7.65. The van der Waals surface area contributed by atoms with E-state index in [0.29, 0.717) is 0 Å². The van der Waals surface area contributed by atoms with Crippen molar-refractivity contribution in [3.05, 3.63) is 520 Å². The largest absolute Gasteiger partial charge is 0.0636 e. The lowest BCUT2D eigenvalue weighted by Gasteiger charge is -2.20. The Bertz CT molecular complexity index is 14100. The summed E-state index contributed by atoms with van der Waals surface area (Å²) in [5.74, 6) is 0. The summed E-state index contributed by atoms with van der Waals surface area (Å²) in [6, 6.07) is -87.7. The van der Waals surface area contributed by atoms with E-state index in [1.165, 1.54) is 0 Å². The topological polar surface area (TPSA) is 0 Å². The molecule has 0 atom stereocenters. The fourth-order valence-electron chi connectivity index (χ4n) is 14.8. The van der Waals surface area contributed by atoms with Crippen LogP contribution in [0.2, 0.25) is 0 Å². The fourth-order valence-corrected chi connectivity index (χ4v) is 14.8. The zero-order chi connectivity index (χ0) is 161. The molecule has 0 aliphatic carbocycles. The minimum absolute atomic E-state index is 0.679. The van der Waals surface area contributed by atoms with Crippen LogP contribution in [0, 0.1) is 0 Å². The van der Waals surface area contributed by atoms with E-state index >= 15 is 0 Å². The molecule has 0 aliphatic heterocycles. The Morgan fingerprint density at radius 3 is 0.615 bits per heavy atom. The van der Waals surface area contributed by atoms with Crippen molar-refractivity contribution >= 4 is 108 Å². The molecule has 130 heavy (non-hydrogen) atoms. The summed E-state index contributed by atoms with van der Waals surface area (Å²) < 4.78 is 772. The van der Waals surface area contributed by atoms with Gasteiger partial charge in [-0.25, -0.2) is 0 Å². The highest BCUT2D eigenvalue weighted by molar-refractivity contribution is 6.28. The van der Waals surface area contributed by atoms with Crippen LogP contribution in [0.5, 0.6) is 0 Å². The summed E-state index contributed by atoms with van der Waals surface area (Å²) in [5.41, 5.74) is -21.0. The zero-order valence-corrected chi connectivity index (χ0v) is 65.0. The van der Waals surface area contributed by atoms with E-state index in [1.54, 1.807) is 0 Å². The van der Waals surface area contributed by atoms with Crippen molar-refractivity contribution in [2.75, 3.05) is 0 Å². The molecule has 0 aliphatic rings. The van der Waals surface area contributed by atoms with Crippen LogP contribution in [-0.4, -0.2) is 0 Å². The Morgan fingerprint density at radius 1 is 0.0923 bits per heavy atom. The molecule has 25 rings (SSSR count). The van der Waals surface area contributed by atoms with Crippen molar-refractivity contribution < 1.29 is 118 Å². The van der Waals surface area contributed by atoms with E-state index in [1.807, 2.05) is 0 Å². The number of hydrogen-bond donors (Lipinski definition) is 0. The van der Waals surface area contributed by atoms with Gasteiger partial charge in [0.1, 0.15) is 0 Å². The van der Waals surface area contributed by atoms with Crippen LogP contribution in [0.1, 0.15) is 118 Å². The summed E-state index contributed by atoms with van der Waals surface area (Å²) in [4.78, 5) is 0. The van der Waals surface area contributed by atoms with Gasteiger partial charge in [0.15, 0.2) is 0 Å². The predicted molar refractivity (Wildman–Crippen MR) is 560 cm³/mol. The van der Waals surface area contributed by atoms with Gasteiger partial charge in [-0.3, -0.25) is 0 Å². The molecule has 0 heteroatoms. The van der Waals surface area contributed by atoms with Gasteiger partial charge in [0.2, 0.25) is 0 Å². The van der Waals surface area contributed by atoms with E-state index in [4.69, 9.17) is 80.9 Å². The van der Waals surface area contributed by atoms with Gasteiger partial charge in [-0.15, -0.1) is 0 Å². The minimum atomic E-state index is -1.19. The summed E-state index contributed by atoms with van der Waals surface area (Å²) in [7, 11) is 0. The van der Waals surface area contributed by atoms with E-state index in [0.717, 1.165) is 0 Å². The van der Waals surface area contributed by atoms with Crippen molar-refractivity contribution in [3.8, 4) is 134 Å². The summed E-state index contributed by atoms with van der Waals surface area (Å²) in [5, 5.41) is -16.5. The maximum atomic E-state index is 10.2. The molecule has 0 amide bonds. The highest BCUT2D eigenvalue weighted by atomic mass is 14.3. The van der Waals surface area contributed by atoms with Gasteiger partial charge in [0, 0.05) is 0 Å². The quantitative estimate of drug-likeness (QED) is 0.107. The second-order valence-corrected chi connectivity index (χ2v) is 27.2. The van der Waals surface area contributed by atoms with Crippen LogP contribution in [0.25, 0.3) is 241 Å². The third-order valence-electron chi connectivity index (χ3n) is 20.1. The highest BCUT2D eigenvalue weighted by Crippen LogP contribution is 2.53. The maximum Gasteiger partial charge on any atom is 0.0636 e. The minimum Gasteiger partial charge on any atom is -0.0622 e. The first kappa shape index (κ1) is 29.1. The normalized spacial score (nSPS) is 20.6. The smallest absolute Gasteiger partial charge is 0.0622 e. The molecule has 0 radical (unpaired) electrons. The van der Waals surface area contributed by atoms with Crippen molar-refractivity contribution in [3.63, 3.8) is 0 Å². The van der Waals surface area contributed by atoms with Crippen LogP contribution < -0.4 is 0 Å². The molecular formula is C130H86. The molecule has 0 saturated carbocycles. The van der Waals surface area contributed by atoms with E-state index < -0.39 is 761 Å². The molecule has 0 fully saturated rings. The van der Waals surface area contributed by atoms with Crippen LogP contribution in [0.3, 0.4) is 0 Å². The molecule has 0 bridgehead atoms. The van der Waals surface area contributed by atoms with Crippen molar-refractivity contribution in [1.29, 1.82) is 0 Å². The Balaban J connectivity index is 0.000000164. The maximum absolute atomic E-state index is 10.2. The molecule has 606 valence electrons. The standard InChI is InChI=1S/C46H30.2C42H28/c1-3-14-31(15-4-1)36-28-34-19-8-10-22-39(34)43(30-36)46-41-24-12-11-23-40(41)45(33-17-5-2-6-18-33)44-29-35(26-27-42(44)46)38-25-13-20-32-16-7-9-21-37(32)38;1-4-14-29(15-5-1)32-24-25-38-40(27-32)41(31-18-8-3-9-19-31)36-22-12-13-23-37(36)42(38)39-28-34(30-16-6-2-7-17-30)26-33-20-10-11-21-35(33)39;1-4-14-29(15-5-1)32-24-25-38-40(27-32)42(37-23-13-12-22-36(37)41(38)31-18-8-3-9-19-31)39-28-34(30-16-6-2-7-17-30)26-33-20-10-11-21-35(33)39/h1-30H;2*1-28H/i1D,2D,3D,4D,5D,6D,7D,8D,9D,10D,11D,12D,13D,14D,15D,16D,17D,18D,19D,20D,21D,22D,23D,24D,25D,26D,27D,28D,29D,30D;2*1D,2D,3D,4D,5D,6D,7D,8D,9D,10D,11D,12D,13D,14D,15D,16D,17D,18D,19D,20D,21D,22D,23D,24D,25D,26D,27D,28D. The molecule has 0 spiro atoms. The Hall–Kier alpha value is -16.9. The third-order valence-corrected chi connectivity index (χ3v) is 20.1. The second kappa shape index (κ2) is 34.2. The SMILES string of the molecule is [2H]c1c([2H])c([2H])c(-c2c([2H])c(-c3c4c([2H])c([2H])c([2H])c([2H])c4c(-c4c([2H])c([2H])c([2H])c([2H])c4[2H])c4c([2H])c(-c5c([2H])c([2H])c([2H])c([2H])c5[2H])c([2H])c([2H])c34)c3c([2H])c([2H])c([2H])c([2H])c3c2[2H])c([2H])c1[2H].[2H]c1c([2H])c([2H])c(-c2c([2H])c(-c3c4c([2H])c([2H])c([2H])c([2H])c4c(-c4c([2H])c([2H])c([2H])c([2H])c4[2H])c4c([2H])c(-c5c([2H])c([2H])c([2H])c6c([2H])c([2H])c([2H])c([2H])c56)c([2H])c([2H])c34)c3c([2H])c([2H])c([2H])c([2H])c3c2[2H])c([2H])c1[2H].[2H]c1c([2H])c([2H])c(-c2c([2H])c(-c3c4c([2H])c([2H])c([2H])c([2H])c4c(-c4c([2H])c([2H])c([2H])c([2H])c4[2H])c4c([2H])c([2H])c(-c5c([2H])c([2H])c([2H])c([2H])c5[2H])c([2H])c34)c3c([2H])c([2H])c([2H])c([2H])c3c2[2H])c([2H])c1[2H]. The fraction of sp³-hybridized carbons (Fsp3) is 0. The number of rotatable bonds is 12. The van der Waals surface area contributed by atoms with E-state index in [2.05, 4.69) is 0 Å². The van der Waals surface area contributed by atoms with Crippen LogP contribution in [-0.2, 0) is 0 Å². The molecule has 0 aromatic heterocycles. The van der Waals surface area contributed by atoms with E-state index in [9.17, 15) is 37.0 Å². The highest BCUT2D eigenvalue weighted by Gasteiger charge is 2.25. The monoisotopic (exact) mass is 1730 g/mol. The second-order valence-electron chi connectivity index (χ2n) is 27.2. The van der Waals surface area contributed by atoms with Crippen LogP contribution in [0.15, 0.2) is 520 Å². The van der Waals surface area contributed by atoms with Gasteiger partial charge in [0.25, 0.3) is 0 Å². The molecule has 0 unspecified atom stereocenters. The van der Waals surface area contributed by atoms with Crippen molar-refractivity contribution in [2.45, 2.75) is 0 Å². The Morgan fingerprint density at radius 2 is 0.292 bits per heavy atom. The van der Waals surface area contributed by atoms with Crippen molar-refractivity contribution in [2.24, 2.45) is 0 Å². The summed E-state index contributed by atoms with van der Waals surface area (Å²) in [6.07, 6.45) is 0. The van der Waals surface area contributed by atoms with Crippen LogP contribution >= 0.6 is 0 Å². The average Bonchev–Trinajstić information content (AvgIpc) is 0.674. The Labute approximate surface area is 878 Å². The average molecular weight is 1730 g/mol. The number of benzene rings is 25. The molecule has 0 heterocycles. The van der Waals surface area contributed by atoms with Gasteiger partial charge in [0.05, 0.1) is 118 Å². The number of hydrogen-bond acceptors (Lipinski definition) is 0. The van der Waals surface area contributed by atoms with Gasteiger partial charge in [-0.2, -0.15) is 0 Å². The van der Waals surface area contributed by atoms with E-state index in [-0.39, 0.29) is 0 Å². The zero-order valence-electron chi connectivity index (χ0n) is 151. The first-order chi connectivity index (χ1) is 100. The third kappa shape index (κ3) is 14.5. The van der Waals surface area contributed by atoms with Gasteiger partial charge >= 0.3 is 0 Å². The lowest BCUT2D eigenvalue weighted by atomic mass is 9.83. The van der Waals surface area contributed by atoms with Gasteiger partial charge < -0.3 is 0 Å². The van der Waals surface area contributed by atoms with Gasteiger partial charge in [-0.05, 0) is 296 Å². The van der Waals surface area contributed by atoms with Crippen molar-refractivity contribution in [1.82, 2.24) is 0 Å². The lowest BCUT2D eigenvalue weighted by Crippen LogP contribution is -1.93. The molecule has 0 N–H and O–H groups in total. The van der Waals surface area contributed by atoms with Crippen LogP contribution in [0.4, 0.5) is 0 Å². The molecule has 0 saturated heterocycles.